The van der Waals surface area contributed by atoms with E-state index < -0.39 is 5.97 Å². The Hall–Kier alpha value is -5.77. The quantitative estimate of drug-likeness (QED) is 0.124. The molecule has 2 heterocycles. The van der Waals surface area contributed by atoms with Gasteiger partial charge in [0.05, 0.1) is 34.1 Å². The second-order valence-corrected chi connectivity index (χ2v) is 14.8. The van der Waals surface area contributed by atoms with Crippen molar-refractivity contribution in [2.75, 3.05) is 7.11 Å². The smallest absolute Gasteiger partial charge is 0.335 e. The number of benzene rings is 5. The Labute approximate surface area is 363 Å². The Morgan fingerprint density at radius 2 is 1.08 bits per heavy atom. The van der Waals surface area contributed by atoms with Crippen molar-refractivity contribution in [2.45, 2.75) is 33.5 Å². The fourth-order valence-electron chi connectivity index (χ4n) is 5.93. The topological polar surface area (TPSA) is 91.4 Å². The molecule has 0 unspecified atom stereocenters. The Bertz CT molecular complexity index is 2580. The zero-order valence-corrected chi connectivity index (χ0v) is 35.5. The van der Waals surface area contributed by atoms with E-state index in [-0.39, 0.29) is 5.56 Å². The maximum absolute atomic E-state index is 10.9. The lowest BCUT2D eigenvalue weighted by atomic mass is 10.1. The predicted molar refractivity (Wildman–Crippen MR) is 242 cm³/mol. The van der Waals surface area contributed by atoms with Crippen molar-refractivity contribution < 1.29 is 19.4 Å². The van der Waals surface area contributed by atoms with Gasteiger partial charge < -0.3 is 23.7 Å². The van der Waals surface area contributed by atoms with Crippen molar-refractivity contribution in [3.05, 3.63) is 176 Å². The van der Waals surface area contributed by atoms with Crippen LogP contribution in [0.15, 0.2) is 122 Å². The number of ether oxygens (including phenoxy) is 2. The number of aromatic nitrogens is 4. The number of carbonyl (C=O) groups is 1. The van der Waals surface area contributed by atoms with Crippen LogP contribution >= 0.6 is 46.4 Å². The van der Waals surface area contributed by atoms with Crippen LogP contribution in [-0.2, 0) is 19.7 Å². The first-order valence-corrected chi connectivity index (χ1v) is 20.1. The highest BCUT2D eigenvalue weighted by atomic mass is 35.5. The maximum Gasteiger partial charge on any atom is 0.335 e. The average molecular weight is 867 g/mol. The van der Waals surface area contributed by atoms with E-state index in [1.165, 1.54) is 0 Å². The number of hydrogen-bond donors (Lipinski definition) is 1. The fourth-order valence-corrected chi connectivity index (χ4v) is 6.94. The number of aryl methyl sites for hydroxylation is 2. The lowest BCUT2D eigenvalue weighted by molar-refractivity contribution is 0.0696. The van der Waals surface area contributed by atoms with Crippen LogP contribution < -0.4 is 9.47 Å². The Morgan fingerprint density at radius 3 is 1.49 bits per heavy atom. The molecule has 2 aromatic heterocycles. The highest BCUT2D eigenvalue weighted by Crippen LogP contribution is 2.32. The van der Waals surface area contributed by atoms with Crippen LogP contribution in [0.3, 0.4) is 0 Å². The number of halogens is 4. The molecule has 0 aliphatic rings. The molecule has 0 spiro atoms. The summed E-state index contributed by atoms with van der Waals surface area (Å²) in [6.45, 7) is 6.10. The first-order valence-electron chi connectivity index (χ1n) is 18.6. The summed E-state index contributed by atoms with van der Waals surface area (Å²) < 4.78 is 15.1. The highest BCUT2D eigenvalue weighted by molar-refractivity contribution is 6.37. The summed E-state index contributed by atoms with van der Waals surface area (Å²) in [6.07, 6.45) is 12.0. The van der Waals surface area contributed by atoms with Gasteiger partial charge in [-0.2, -0.15) is 0 Å². The van der Waals surface area contributed by atoms with Gasteiger partial charge in [0.1, 0.15) is 29.8 Å². The van der Waals surface area contributed by atoms with Gasteiger partial charge in [-0.05, 0) is 115 Å². The molecule has 0 saturated carbocycles. The summed E-state index contributed by atoms with van der Waals surface area (Å²) in [5.41, 5.74) is 6.59. The fraction of sp³-hybridized carbons (Fsp3) is 0.128. The number of imidazole rings is 2. The zero-order chi connectivity index (χ0) is 41.9. The van der Waals surface area contributed by atoms with Crippen LogP contribution in [-0.4, -0.2) is 37.3 Å². The number of hydrogen-bond acceptors (Lipinski definition) is 5. The molecule has 0 aliphatic heterocycles. The van der Waals surface area contributed by atoms with Crippen LogP contribution in [0.25, 0.3) is 46.8 Å². The van der Waals surface area contributed by atoms with E-state index in [0.717, 1.165) is 75.4 Å². The van der Waals surface area contributed by atoms with Crippen molar-refractivity contribution in [1.29, 1.82) is 0 Å². The van der Waals surface area contributed by atoms with Gasteiger partial charge in [-0.25, -0.2) is 14.8 Å². The summed E-state index contributed by atoms with van der Waals surface area (Å²) in [7, 11) is 1.66. The third-order valence-electron chi connectivity index (χ3n) is 9.16. The van der Waals surface area contributed by atoms with Gasteiger partial charge in [0, 0.05) is 46.7 Å². The number of carboxylic acid groups (broad SMARTS) is 1. The van der Waals surface area contributed by atoms with Crippen LogP contribution in [0.2, 0.25) is 20.1 Å². The van der Waals surface area contributed by atoms with Crippen molar-refractivity contribution in [2.24, 2.45) is 0 Å². The largest absolute Gasteiger partial charge is 0.497 e. The van der Waals surface area contributed by atoms with E-state index in [4.69, 9.17) is 71.0 Å². The molecule has 12 heteroatoms. The number of aromatic carboxylic acids is 1. The van der Waals surface area contributed by atoms with Crippen molar-refractivity contribution >= 4 is 76.7 Å². The molecule has 7 aromatic rings. The van der Waals surface area contributed by atoms with Gasteiger partial charge >= 0.3 is 5.97 Å². The van der Waals surface area contributed by atoms with E-state index in [0.29, 0.717) is 26.7 Å². The molecule has 0 saturated heterocycles. The molecule has 0 bridgehead atoms. The zero-order valence-electron chi connectivity index (χ0n) is 32.5. The molecule has 300 valence electrons. The SMILES string of the molecule is CCn1cc(-c2ccc(Cl)cc2Cl)nc1C=Cc1ccc(OC)cc1.CCn1cc(-c2ccc(Cl)cc2Cl)nc1C=Cc1ccc(OCc2ccc(C(=O)O)cc2)cc1. The molecule has 0 aliphatic carbocycles. The Kier molecular flexibility index (Phi) is 14.7. The Morgan fingerprint density at radius 1 is 0.627 bits per heavy atom. The minimum atomic E-state index is -0.942. The molecule has 0 atom stereocenters. The molecule has 59 heavy (non-hydrogen) atoms. The van der Waals surface area contributed by atoms with Crippen molar-refractivity contribution in [1.82, 2.24) is 19.1 Å². The van der Waals surface area contributed by atoms with Gasteiger partial charge in [0.25, 0.3) is 0 Å². The lowest BCUT2D eigenvalue weighted by Crippen LogP contribution is -1.98. The molecule has 0 radical (unpaired) electrons. The monoisotopic (exact) mass is 864 g/mol. The van der Waals surface area contributed by atoms with Crippen LogP contribution in [0, 0.1) is 0 Å². The molecule has 8 nitrogen and oxygen atoms in total. The first-order chi connectivity index (χ1) is 28.5. The minimum absolute atomic E-state index is 0.256. The summed E-state index contributed by atoms with van der Waals surface area (Å²) in [5, 5.41) is 11.3. The maximum atomic E-state index is 10.9. The van der Waals surface area contributed by atoms with Crippen LogP contribution in [0.5, 0.6) is 11.5 Å². The number of methoxy groups -OCH3 is 1. The molecule has 1 N–H and O–H groups in total. The standard InChI is InChI=1S/C27H22Cl2N2O3.C20H18Cl2N2O/c1-2-31-16-25(23-13-10-21(28)15-24(23)29)30-26(31)14-7-18-5-11-22(12-6-18)34-17-19-3-8-20(9-4-19)27(32)33;1-3-24-13-19(17-10-7-15(21)12-18(17)22)23-20(24)11-6-14-4-8-16(25-2)9-5-14/h3-16H,2,17H2,1H3,(H,32,33);4-13H,3H2,1-2H3. The van der Waals surface area contributed by atoms with Gasteiger partial charge in [0.2, 0.25) is 0 Å². The summed E-state index contributed by atoms with van der Waals surface area (Å²) >= 11 is 24.7. The van der Waals surface area contributed by atoms with Gasteiger partial charge in [0.15, 0.2) is 0 Å². The number of nitrogens with zero attached hydrogens (tertiary/aromatic N) is 4. The second kappa shape index (κ2) is 20.3. The van der Waals surface area contributed by atoms with E-state index in [1.54, 1.807) is 49.6 Å². The molecular formula is C47H40Cl4N4O4. The van der Waals surface area contributed by atoms with Gasteiger partial charge in [-0.1, -0.05) is 95.0 Å². The summed E-state index contributed by atoms with van der Waals surface area (Å²) in [5.74, 6) is 2.33. The van der Waals surface area contributed by atoms with E-state index >= 15 is 0 Å². The van der Waals surface area contributed by atoms with Gasteiger partial charge in [-0.15, -0.1) is 0 Å². The predicted octanol–water partition coefficient (Wildman–Crippen LogP) is 13.4. The van der Waals surface area contributed by atoms with E-state index in [1.807, 2.05) is 103 Å². The molecule has 0 fully saturated rings. The molecular weight excluding hydrogens is 826 g/mol. The third kappa shape index (κ3) is 11.5. The number of carboxylic acids is 1. The minimum Gasteiger partial charge on any atom is -0.497 e. The first kappa shape index (κ1) is 42.8. The van der Waals surface area contributed by atoms with E-state index in [9.17, 15) is 4.79 Å². The lowest BCUT2D eigenvalue weighted by Gasteiger charge is -2.07. The van der Waals surface area contributed by atoms with E-state index in [2.05, 4.69) is 23.0 Å². The molecule has 0 amide bonds. The summed E-state index contributed by atoms with van der Waals surface area (Å²) in [6, 6.07) is 33.1. The highest BCUT2D eigenvalue weighted by Gasteiger charge is 2.12. The second-order valence-electron chi connectivity index (χ2n) is 13.1. The van der Waals surface area contributed by atoms with Crippen molar-refractivity contribution in [3.63, 3.8) is 0 Å². The third-order valence-corrected chi connectivity index (χ3v) is 10.3. The molecule has 5 aromatic carbocycles. The van der Waals surface area contributed by atoms with Gasteiger partial charge in [-0.3, -0.25) is 0 Å². The normalized spacial score (nSPS) is 11.2. The summed E-state index contributed by atoms with van der Waals surface area (Å²) in [4.78, 5) is 20.4. The average Bonchev–Trinajstić information content (AvgIpc) is 3.86. The van der Waals surface area contributed by atoms with Crippen molar-refractivity contribution in [3.8, 4) is 34.0 Å². The number of rotatable bonds is 13. The van der Waals surface area contributed by atoms with Crippen LogP contribution in [0.1, 0.15) is 52.5 Å². The van der Waals surface area contributed by atoms with Crippen LogP contribution in [0.4, 0.5) is 0 Å². The molecule has 7 rings (SSSR count). The Balaban J connectivity index is 0.000000208.